The van der Waals surface area contributed by atoms with Crippen molar-refractivity contribution in [3.63, 3.8) is 0 Å². The molecule has 1 aromatic heterocycles. The quantitative estimate of drug-likeness (QED) is 0.376. The number of pyridine rings is 1. The fraction of sp³-hybridized carbons (Fsp3) is 0.222. The van der Waals surface area contributed by atoms with Gasteiger partial charge in [0.15, 0.2) is 22.7 Å². The van der Waals surface area contributed by atoms with Gasteiger partial charge in [-0.05, 0) is 43.4 Å². The van der Waals surface area contributed by atoms with Gasteiger partial charge in [-0.3, -0.25) is 15.6 Å². The number of nitrogens with zero attached hydrogens (tertiary/aromatic N) is 1. The van der Waals surface area contributed by atoms with Crippen molar-refractivity contribution in [3.05, 3.63) is 48.2 Å². The van der Waals surface area contributed by atoms with Gasteiger partial charge in [-0.15, -0.1) is 0 Å². The summed E-state index contributed by atoms with van der Waals surface area (Å²) in [5, 5.41) is 2.75. The molecule has 1 aromatic carbocycles. The first-order valence-electron chi connectivity index (χ1n) is 8.16. The van der Waals surface area contributed by atoms with E-state index >= 15 is 0 Å². The van der Waals surface area contributed by atoms with Crippen molar-refractivity contribution in [2.24, 2.45) is 0 Å². The lowest BCUT2D eigenvalue weighted by atomic mass is 10.2. The van der Waals surface area contributed by atoms with Gasteiger partial charge in [0.1, 0.15) is 11.4 Å². The predicted molar refractivity (Wildman–Crippen MR) is 106 cm³/mol. The van der Waals surface area contributed by atoms with Crippen molar-refractivity contribution in [2.45, 2.75) is 13.0 Å². The van der Waals surface area contributed by atoms with E-state index in [1.54, 1.807) is 37.3 Å². The lowest BCUT2D eigenvalue weighted by Gasteiger charge is -2.18. The van der Waals surface area contributed by atoms with Crippen LogP contribution in [-0.2, 0) is 9.53 Å². The highest BCUT2D eigenvalue weighted by Gasteiger charge is 2.18. The first-order valence-corrected chi connectivity index (χ1v) is 8.57. The van der Waals surface area contributed by atoms with Gasteiger partial charge >= 0.3 is 5.97 Å². The molecule has 10 heteroatoms. The SMILES string of the molecule is COC(=O)c1cccnc1NC(=S)NNC(=O)C(C)Oc1ccccc1OC. The maximum Gasteiger partial charge on any atom is 0.341 e. The average molecular weight is 404 g/mol. The summed E-state index contributed by atoms with van der Waals surface area (Å²) in [5.74, 6) is 0.104. The summed E-state index contributed by atoms with van der Waals surface area (Å²) >= 11 is 5.10. The van der Waals surface area contributed by atoms with Gasteiger partial charge in [-0.1, -0.05) is 12.1 Å². The molecule has 0 aliphatic heterocycles. The van der Waals surface area contributed by atoms with Crippen molar-refractivity contribution in [2.75, 3.05) is 19.5 Å². The monoisotopic (exact) mass is 404 g/mol. The largest absolute Gasteiger partial charge is 0.493 e. The molecule has 0 aliphatic carbocycles. The highest BCUT2D eigenvalue weighted by Crippen LogP contribution is 2.26. The summed E-state index contributed by atoms with van der Waals surface area (Å²) in [5.41, 5.74) is 5.15. The van der Waals surface area contributed by atoms with Crippen LogP contribution in [0.1, 0.15) is 17.3 Å². The molecule has 0 saturated carbocycles. The number of carbonyl (C=O) groups excluding carboxylic acids is 2. The number of thiocarbonyl (C=S) groups is 1. The van der Waals surface area contributed by atoms with E-state index in [4.69, 9.17) is 21.7 Å². The first-order chi connectivity index (χ1) is 13.5. The molecule has 0 bridgehead atoms. The number of aromatic nitrogens is 1. The molecule has 28 heavy (non-hydrogen) atoms. The highest BCUT2D eigenvalue weighted by atomic mass is 32.1. The maximum absolute atomic E-state index is 12.2. The zero-order chi connectivity index (χ0) is 20.5. The molecule has 0 saturated heterocycles. The van der Waals surface area contributed by atoms with E-state index in [2.05, 4.69) is 25.9 Å². The van der Waals surface area contributed by atoms with E-state index in [0.29, 0.717) is 11.5 Å². The van der Waals surface area contributed by atoms with Gasteiger partial charge in [0.25, 0.3) is 5.91 Å². The predicted octanol–water partition coefficient (Wildman–Crippen LogP) is 1.66. The molecular formula is C18H20N4O5S. The van der Waals surface area contributed by atoms with E-state index in [9.17, 15) is 9.59 Å². The Kier molecular flexibility index (Phi) is 7.52. The Hall–Kier alpha value is -3.40. The molecule has 2 rings (SSSR count). The van der Waals surface area contributed by atoms with Crippen LogP contribution in [0.4, 0.5) is 5.82 Å². The fourth-order valence-electron chi connectivity index (χ4n) is 2.10. The number of benzene rings is 1. The molecule has 1 heterocycles. The zero-order valence-corrected chi connectivity index (χ0v) is 16.3. The smallest absolute Gasteiger partial charge is 0.341 e. The van der Waals surface area contributed by atoms with Crippen LogP contribution in [0.2, 0.25) is 0 Å². The Balaban J connectivity index is 1.90. The molecule has 2 aromatic rings. The number of para-hydroxylation sites is 2. The van der Waals surface area contributed by atoms with E-state index < -0.39 is 18.0 Å². The second-order valence-corrected chi connectivity index (χ2v) is 5.78. The third-order valence-corrected chi connectivity index (χ3v) is 3.69. The van der Waals surface area contributed by atoms with E-state index in [1.807, 2.05) is 0 Å². The molecule has 1 unspecified atom stereocenters. The summed E-state index contributed by atoms with van der Waals surface area (Å²) < 4.78 is 15.5. The summed E-state index contributed by atoms with van der Waals surface area (Å²) in [6, 6.07) is 10.1. The van der Waals surface area contributed by atoms with Crippen LogP contribution in [0, 0.1) is 0 Å². The minimum absolute atomic E-state index is 0.0293. The Bertz CT molecular complexity index is 861. The number of rotatable bonds is 6. The van der Waals surface area contributed by atoms with Gasteiger partial charge in [0.05, 0.1) is 14.2 Å². The number of anilines is 1. The standard InChI is InChI=1S/C18H20N4O5S/c1-11(27-14-9-5-4-8-13(14)25-2)16(23)21-22-18(28)20-15-12(17(24)26-3)7-6-10-19-15/h4-11H,1-3H3,(H,21,23)(H2,19,20,22,28). The van der Waals surface area contributed by atoms with Gasteiger partial charge in [0, 0.05) is 6.20 Å². The van der Waals surface area contributed by atoms with E-state index in [1.165, 1.54) is 26.5 Å². The van der Waals surface area contributed by atoms with Crippen molar-refractivity contribution >= 4 is 35.0 Å². The minimum Gasteiger partial charge on any atom is -0.493 e. The summed E-state index contributed by atoms with van der Waals surface area (Å²) in [7, 11) is 2.78. The summed E-state index contributed by atoms with van der Waals surface area (Å²) in [6.07, 6.45) is 0.658. The lowest BCUT2D eigenvalue weighted by molar-refractivity contribution is -0.127. The third kappa shape index (κ3) is 5.55. The molecule has 3 N–H and O–H groups in total. The number of amides is 1. The normalized spacial score (nSPS) is 11.0. The molecule has 1 atom stereocenters. The van der Waals surface area contributed by atoms with Crippen molar-refractivity contribution in [1.29, 1.82) is 0 Å². The molecule has 0 spiro atoms. The Morgan fingerprint density at radius 2 is 1.79 bits per heavy atom. The number of carbonyl (C=O) groups is 2. The maximum atomic E-state index is 12.2. The number of methoxy groups -OCH3 is 2. The summed E-state index contributed by atoms with van der Waals surface area (Å²) in [6.45, 7) is 1.58. The number of hydrazine groups is 1. The average Bonchev–Trinajstić information content (AvgIpc) is 2.72. The van der Waals surface area contributed by atoms with Gasteiger partial charge < -0.3 is 19.5 Å². The van der Waals surface area contributed by atoms with E-state index in [-0.39, 0.29) is 16.5 Å². The second kappa shape index (κ2) is 10.1. The number of ether oxygens (including phenoxy) is 3. The van der Waals surface area contributed by atoms with Gasteiger partial charge in [-0.2, -0.15) is 0 Å². The van der Waals surface area contributed by atoms with E-state index in [0.717, 1.165) is 0 Å². The topological polar surface area (TPSA) is 111 Å². The number of hydrogen-bond acceptors (Lipinski definition) is 7. The molecule has 0 fully saturated rings. The molecule has 0 aliphatic rings. The summed E-state index contributed by atoms with van der Waals surface area (Å²) in [4.78, 5) is 28.0. The molecular weight excluding hydrogens is 384 g/mol. The van der Waals surface area contributed by atoms with Crippen LogP contribution >= 0.6 is 12.2 Å². The van der Waals surface area contributed by atoms with Crippen LogP contribution in [-0.4, -0.2) is 42.3 Å². The van der Waals surface area contributed by atoms with Crippen molar-refractivity contribution in [3.8, 4) is 11.5 Å². The third-order valence-electron chi connectivity index (χ3n) is 3.49. The van der Waals surface area contributed by atoms with Crippen LogP contribution in [0.15, 0.2) is 42.6 Å². The number of nitrogens with one attached hydrogen (secondary N) is 3. The van der Waals surface area contributed by atoms with Crippen molar-refractivity contribution in [1.82, 2.24) is 15.8 Å². The fourth-order valence-corrected chi connectivity index (χ4v) is 2.25. The lowest BCUT2D eigenvalue weighted by Crippen LogP contribution is -2.48. The number of hydrogen-bond donors (Lipinski definition) is 3. The van der Waals surface area contributed by atoms with Crippen LogP contribution in [0.5, 0.6) is 11.5 Å². The minimum atomic E-state index is -0.827. The zero-order valence-electron chi connectivity index (χ0n) is 15.5. The Morgan fingerprint density at radius 1 is 1.07 bits per heavy atom. The molecule has 9 nitrogen and oxygen atoms in total. The van der Waals surface area contributed by atoms with Crippen molar-refractivity contribution < 1.29 is 23.8 Å². The van der Waals surface area contributed by atoms with Crippen LogP contribution in [0.25, 0.3) is 0 Å². The Labute approximate surface area is 167 Å². The number of esters is 1. The Morgan fingerprint density at radius 3 is 2.46 bits per heavy atom. The highest BCUT2D eigenvalue weighted by molar-refractivity contribution is 7.80. The first kappa shape index (κ1) is 20.9. The van der Waals surface area contributed by atoms with Gasteiger partial charge in [-0.25, -0.2) is 9.78 Å². The molecule has 1 amide bonds. The molecule has 148 valence electrons. The van der Waals surface area contributed by atoms with Crippen LogP contribution in [0.3, 0.4) is 0 Å². The molecule has 0 radical (unpaired) electrons. The van der Waals surface area contributed by atoms with Gasteiger partial charge in [0.2, 0.25) is 0 Å². The van der Waals surface area contributed by atoms with Crippen LogP contribution < -0.4 is 25.6 Å². The second-order valence-electron chi connectivity index (χ2n) is 5.37.